The van der Waals surface area contributed by atoms with Crippen molar-refractivity contribution in [1.29, 1.82) is 0 Å². The van der Waals surface area contributed by atoms with Crippen LogP contribution in [0.2, 0.25) is 0 Å². The van der Waals surface area contributed by atoms with Gasteiger partial charge in [-0.3, -0.25) is 4.79 Å². The van der Waals surface area contributed by atoms with Crippen LogP contribution in [0.25, 0.3) is 0 Å². The van der Waals surface area contributed by atoms with Gasteiger partial charge in [0, 0.05) is 19.5 Å². The maximum atomic E-state index is 12.1. The van der Waals surface area contributed by atoms with Crippen LogP contribution in [0.4, 0.5) is 0 Å². The zero-order chi connectivity index (χ0) is 21.9. The van der Waals surface area contributed by atoms with Gasteiger partial charge in [0.1, 0.15) is 6.61 Å². The average Bonchev–Trinajstić information content (AvgIpc) is 2.81. The smallest absolute Gasteiger partial charge is 0.335 e. The SMILES string of the molecule is O=C(O)c1cccc(COc2ccccc2OCCCCCC(=O)N2CCOCC2)c1. The molecule has 0 unspecified atom stereocenters. The molecule has 1 saturated heterocycles. The summed E-state index contributed by atoms with van der Waals surface area (Å²) in [5.41, 5.74) is 1.01. The second-order valence-corrected chi connectivity index (χ2v) is 7.39. The molecule has 0 saturated carbocycles. The Morgan fingerprint density at radius 3 is 2.42 bits per heavy atom. The molecule has 0 radical (unpaired) electrons. The highest BCUT2D eigenvalue weighted by Crippen LogP contribution is 2.27. The molecule has 1 amide bonds. The molecular formula is C24H29NO6. The minimum Gasteiger partial charge on any atom is -0.490 e. The third-order valence-electron chi connectivity index (χ3n) is 5.07. The molecule has 3 rings (SSSR count). The first-order chi connectivity index (χ1) is 15.1. The van der Waals surface area contributed by atoms with Crippen LogP contribution in [-0.2, 0) is 16.1 Å². The number of rotatable bonds is 11. The highest BCUT2D eigenvalue weighted by molar-refractivity contribution is 5.87. The number of carboxylic acids is 1. The second kappa shape index (κ2) is 12.0. The summed E-state index contributed by atoms with van der Waals surface area (Å²) >= 11 is 0. The van der Waals surface area contributed by atoms with E-state index in [-0.39, 0.29) is 18.1 Å². The maximum Gasteiger partial charge on any atom is 0.335 e. The fraction of sp³-hybridized carbons (Fsp3) is 0.417. The number of aromatic carboxylic acids is 1. The number of para-hydroxylation sites is 2. The van der Waals surface area contributed by atoms with Gasteiger partial charge in [-0.1, -0.05) is 24.3 Å². The van der Waals surface area contributed by atoms with Crippen molar-refractivity contribution in [3.63, 3.8) is 0 Å². The molecule has 1 aliphatic heterocycles. The van der Waals surface area contributed by atoms with E-state index in [0.29, 0.717) is 50.8 Å². The number of carbonyl (C=O) groups excluding carboxylic acids is 1. The van der Waals surface area contributed by atoms with Crippen molar-refractivity contribution in [2.45, 2.75) is 32.3 Å². The monoisotopic (exact) mass is 427 g/mol. The summed E-state index contributed by atoms with van der Waals surface area (Å²) in [6.45, 7) is 3.45. The van der Waals surface area contributed by atoms with Crippen LogP contribution >= 0.6 is 0 Å². The molecule has 0 aromatic heterocycles. The van der Waals surface area contributed by atoms with E-state index in [1.807, 2.05) is 35.2 Å². The Labute approximate surface area is 182 Å². The van der Waals surface area contributed by atoms with Crippen molar-refractivity contribution in [3.05, 3.63) is 59.7 Å². The fourth-order valence-corrected chi connectivity index (χ4v) is 3.35. The van der Waals surface area contributed by atoms with Crippen LogP contribution in [-0.4, -0.2) is 54.8 Å². The summed E-state index contributed by atoms with van der Waals surface area (Å²) < 4.78 is 17.0. The zero-order valence-electron chi connectivity index (χ0n) is 17.6. The van der Waals surface area contributed by atoms with Gasteiger partial charge in [0.25, 0.3) is 0 Å². The van der Waals surface area contributed by atoms with Crippen molar-refractivity contribution < 1.29 is 28.9 Å². The third-order valence-corrected chi connectivity index (χ3v) is 5.07. The van der Waals surface area contributed by atoms with E-state index in [0.717, 1.165) is 24.8 Å². The molecule has 7 heteroatoms. The minimum absolute atomic E-state index is 0.204. The number of nitrogens with zero attached hydrogens (tertiary/aromatic N) is 1. The number of carbonyl (C=O) groups is 2. The third kappa shape index (κ3) is 7.29. The molecule has 166 valence electrons. The molecule has 1 fully saturated rings. The van der Waals surface area contributed by atoms with E-state index in [1.165, 1.54) is 0 Å². The zero-order valence-corrected chi connectivity index (χ0v) is 17.6. The Morgan fingerprint density at radius 2 is 1.68 bits per heavy atom. The molecule has 7 nitrogen and oxygen atoms in total. The lowest BCUT2D eigenvalue weighted by Gasteiger charge is -2.26. The van der Waals surface area contributed by atoms with E-state index in [1.54, 1.807) is 18.2 Å². The highest BCUT2D eigenvalue weighted by Gasteiger charge is 2.15. The molecule has 2 aromatic carbocycles. The summed E-state index contributed by atoms with van der Waals surface area (Å²) in [5, 5.41) is 9.11. The molecule has 2 aromatic rings. The molecule has 0 bridgehead atoms. The summed E-state index contributed by atoms with van der Waals surface area (Å²) in [6.07, 6.45) is 3.18. The molecule has 0 aliphatic carbocycles. The predicted molar refractivity (Wildman–Crippen MR) is 116 cm³/mol. The van der Waals surface area contributed by atoms with E-state index in [4.69, 9.17) is 19.3 Å². The van der Waals surface area contributed by atoms with Crippen LogP contribution in [0.3, 0.4) is 0 Å². The molecule has 0 spiro atoms. The Balaban J connectivity index is 1.38. The van der Waals surface area contributed by atoms with Crippen LogP contribution in [0.5, 0.6) is 11.5 Å². The van der Waals surface area contributed by atoms with Crippen LogP contribution in [0.15, 0.2) is 48.5 Å². The van der Waals surface area contributed by atoms with E-state index in [9.17, 15) is 9.59 Å². The number of unbranched alkanes of at least 4 members (excludes halogenated alkanes) is 2. The second-order valence-electron chi connectivity index (χ2n) is 7.39. The number of amides is 1. The average molecular weight is 427 g/mol. The van der Waals surface area contributed by atoms with Gasteiger partial charge in [0.05, 0.1) is 25.4 Å². The Kier molecular flexibility index (Phi) is 8.72. The minimum atomic E-state index is -0.961. The maximum absolute atomic E-state index is 12.1. The number of hydrogen-bond donors (Lipinski definition) is 1. The molecule has 31 heavy (non-hydrogen) atoms. The van der Waals surface area contributed by atoms with Gasteiger partial charge in [0.2, 0.25) is 5.91 Å². The lowest BCUT2D eigenvalue weighted by atomic mass is 10.1. The van der Waals surface area contributed by atoms with Gasteiger partial charge in [-0.05, 0) is 49.1 Å². The molecular weight excluding hydrogens is 398 g/mol. The first-order valence-electron chi connectivity index (χ1n) is 10.7. The summed E-state index contributed by atoms with van der Waals surface area (Å²) in [5.74, 6) is 0.513. The van der Waals surface area contributed by atoms with Gasteiger partial charge >= 0.3 is 5.97 Å². The first-order valence-corrected chi connectivity index (χ1v) is 10.7. The molecule has 0 atom stereocenters. The van der Waals surface area contributed by atoms with Crippen molar-refractivity contribution >= 4 is 11.9 Å². The lowest BCUT2D eigenvalue weighted by Crippen LogP contribution is -2.40. The van der Waals surface area contributed by atoms with E-state index < -0.39 is 5.97 Å². The topological polar surface area (TPSA) is 85.3 Å². The number of morpholine rings is 1. The van der Waals surface area contributed by atoms with Gasteiger partial charge in [-0.2, -0.15) is 0 Å². The van der Waals surface area contributed by atoms with E-state index >= 15 is 0 Å². The Morgan fingerprint density at radius 1 is 0.935 bits per heavy atom. The Hall–Kier alpha value is -3.06. The normalized spacial score (nSPS) is 13.6. The standard InChI is InChI=1S/C24H29NO6/c26-23(25-12-15-29-16-13-25)11-2-1-5-14-30-21-9-3-4-10-22(21)31-18-19-7-6-8-20(17-19)24(27)28/h3-4,6-10,17H,1-2,5,11-16,18H2,(H,27,28). The summed E-state index contributed by atoms with van der Waals surface area (Å²) in [4.78, 5) is 25.1. The fourth-order valence-electron chi connectivity index (χ4n) is 3.35. The van der Waals surface area contributed by atoms with Crippen molar-refractivity contribution in [2.75, 3.05) is 32.9 Å². The number of benzene rings is 2. The summed E-state index contributed by atoms with van der Waals surface area (Å²) in [6, 6.07) is 14.1. The number of ether oxygens (including phenoxy) is 3. The predicted octanol–water partition coefficient (Wildman–Crippen LogP) is 3.76. The van der Waals surface area contributed by atoms with Crippen LogP contribution in [0, 0.1) is 0 Å². The van der Waals surface area contributed by atoms with Gasteiger partial charge < -0.3 is 24.2 Å². The van der Waals surface area contributed by atoms with Crippen molar-refractivity contribution in [1.82, 2.24) is 4.90 Å². The molecule has 1 N–H and O–H groups in total. The molecule has 1 aliphatic rings. The highest BCUT2D eigenvalue weighted by atomic mass is 16.5. The van der Waals surface area contributed by atoms with Gasteiger partial charge in [0.15, 0.2) is 11.5 Å². The quantitative estimate of drug-likeness (QED) is 0.550. The molecule has 1 heterocycles. The van der Waals surface area contributed by atoms with Gasteiger partial charge in [-0.25, -0.2) is 4.79 Å². The number of carboxylic acid groups (broad SMARTS) is 1. The van der Waals surface area contributed by atoms with Gasteiger partial charge in [-0.15, -0.1) is 0 Å². The first kappa shape index (κ1) is 22.6. The van der Waals surface area contributed by atoms with Crippen LogP contribution < -0.4 is 9.47 Å². The van der Waals surface area contributed by atoms with Crippen LogP contribution in [0.1, 0.15) is 41.6 Å². The largest absolute Gasteiger partial charge is 0.490 e. The summed E-state index contributed by atoms with van der Waals surface area (Å²) in [7, 11) is 0. The lowest BCUT2D eigenvalue weighted by molar-refractivity contribution is -0.135. The van der Waals surface area contributed by atoms with Crippen molar-refractivity contribution in [2.24, 2.45) is 0 Å². The van der Waals surface area contributed by atoms with E-state index in [2.05, 4.69) is 0 Å². The van der Waals surface area contributed by atoms with Crippen molar-refractivity contribution in [3.8, 4) is 11.5 Å². The number of hydrogen-bond acceptors (Lipinski definition) is 5. The Bertz CT molecular complexity index is 863.